The van der Waals surface area contributed by atoms with Gasteiger partial charge in [-0.05, 0) is 31.2 Å². The number of aryl methyl sites for hydroxylation is 1. The van der Waals surface area contributed by atoms with Crippen molar-refractivity contribution in [1.29, 1.82) is 0 Å². The lowest BCUT2D eigenvalue weighted by Crippen LogP contribution is -2.03. The molecule has 3 nitrogen and oxygen atoms in total. The second-order valence-corrected chi connectivity index (χ2v) is 5.15. The highest BCUT2D eigenvalue weighted by molar-refractivity contribution is 5.74. The van der Waals surface area contributed by atoms with E-state index in [0.29, 0.717) is 12.5 Å². The molecule has 0 spiro atoms. The van der Waals surface area contributed by atoms with Gasteiger partial charge in [0, 0.05) is 12.1 Å². The molecule has 0 atom stereocenters. The Bertz CT molecular complexity index is 621. The number of nitrogens with zero attached hydrogens (tertiary/aromatic N) is 2. The standard InChI is InChI=1S/C16H19N3/c1-3-10-19-11(2)18-15(16(19)17)14-7-5-4-6-13(14)12-8-9-12/h3-7,12H,1,8-10,17H2,2H3. The van der Waals surface area contributed by atoms with Crippen LogP contribution in [0, 0.1) is 6.92 Å². The summed E-state index contributed by atoms with van der Waals surface area (Å²) in [5.41, 5.74) is 9.76. The molecular formula is C16H19N3. The van der Waals surface area contributed by atoms with Crippen LogP contribution in [0.5, 0.6) is 0 Å². The monoisotopic (exact) mass is 253 g/mol. The van der Waals surface area contributed by atoms with Crippen molar-refractivity contribution in [2.75, 3.05) is 5.73 Å². The Balaban J connectivity index is 2.12. The molecule has 2 aromatic rings. The van der Waals surface area contributed by atoms with E-state index in [1.165, 1.54) is 24.0 Å². The number of aromatic nitrogens is 2. The van der Waals surface area contributed by atoms with Crippen LogP contribution in [-0.4, -0.2) is 9.55 Å². The van der Waals surface area contributed by atoms with Crippen molar-refractivity contribution in [3.8, 4) is 11.3 Å². The van der Waals surface area contributed by atoms with Gasteiger partial charge < -0.3 is 10.3 Å². The van der Waals surface area contributed by atoms with E-state index >= 15 is 0 Å². The third kappa shape index (κ3) is 2.05. The number of benzene rings is 1. The molecule has 1 aromatic heterocycles. The fraction of sp³-hybridized carbons (Fsp3) is 0.312. The number of nitrogens with two attached hydrogens (primary N) is 1. The van der Waals surface area contributed by atoms with Crippen LogP contribution in [0.1, 0.15) is 30.1 Å². The smallest absolute Gasteiger partial charge is 0.132 e. The van der Waals surface area contributed by atoms with Crippen LogP contribution >= 0.6 is 0 Å². The molecule has 1 saturated carbocycles. The highest BCUT2D eigenvalue weighted by atomic mass is 15.1. The van der Waals surface area contributed by atoms with E-state index < -0.39 is 0 Å². The van der Waals surface area contributed by atoms with Gasteiger partial charge in [0.15, 0.2) is 0 Å². The number of allylic oxidation sites excluding steroid dienone is 1. The molecule has 3 heteroatoms. The molecule has 1 heterocycles. The minimum Gasteiger partial charge on any atom is -0.383 e. The first-order chi connectivity index (χ1) is 9.22. The Morgan fingerprint density at radius 2 is 2.16 bits per heavy atom. The second kappa shape index (κ2) is 4.57. The van der Waals surface area contributed by atoms with Gasteiger partial charge in [-0.15, -0.1) is 6.58 Å². The summed E-state index contributed by atoms with van der Waals surface area (Å²) in [6.07, 6.45) is 4.41. The largest absolute Gasteiger partial charge is 0.383 e. The predicted molar refractivity (Wildman–Crippen MR) is 79.0 cm³/mol. The first kappa shape index (κ1) is 12.0. The Morgan fingerprint density at radius 3 is 2.84 bits per heavy atom. The van der Waals surface area contributed by atoms with Crippen LogP contribution in [0.4, 0.5) is 5.82 Å². The summed E-state index contributed by atoms with van der Waals surface area (Å²) in [7, 11) is 0. The average molecular weight is 253 g/mol. The Kier molecular flexibility index (Phi) is 2.90. The first-order valence-electron chi connectivity index (χ1n) is 6.75. The van der Waals surface area contributed by atoms with E-state index in [1.807, 2.05) is 17.6 Å². The van der Waals surface area contributed by atoms with Gasteiger partial charge in [0.2, 0.25) is 0 Å². The Labute approximate surface area is 113 Å². The molecule has 1 aromatic carbocycles. The summed E-state index contributed by atoms with van der Waals surface area (Å²) in [6, 6.07) is 8.49. The van der Waals surface area contributed by atoms with E-state index in [-0.39, 0.29) is 0 Å². The van der Waals surface area contributed by atoms with E-state index in [4.69, 9.17) is 5.73 Å². The SMILES string of the molecule is C=CCn1c(C)nc(-c2ccccc2C2CC2)c1N. The molecule has 2 N–H and O–H groups in total. The first-order valence-corrected chi connectivity index (χ1v) is 6.75. The number of imidazole rings is 1. The molecule has 0 radical (unpaired) electrons. The van der Waals surface area contributed by atoms with Crippen molar-refractivity contribution < 1.29 is 0 Å². The summed E-state index contributed by atoms with van der Waals surface area (Å²) in [4.78, 5) is 4.66. The van der Waals surface area contributed by atoms with E-state index in [0.717, 1.165) is 17.3 Å². The van der Waals surface area contributed by atoms with Gasteiger partial charge in [-0.3, -0.25) is 0 Å². The molecule has 0 aliphatic heterocycles. The molecule has 1 fully saturated rings. The number of hydrogen-bond donors (Lipinski definition) is 1. The minimum absolute atomic E-state index is 0.695. The molecular weight excluding hydrogens is 234 g/mol. The topological polar surface area (TPSA) is 43.8 Å². The molecule has 19 heavy (non-hydrogen) atoms. The van der Waals surface area contributed by atoms with Crippen LogP contribution in [-0.2, 0) is 6.54 Å². The summed E-state index contributed by atoms with van der Waals surface area (Å²) < 4.78 is 2.01. The van der Waals surface area contributed by atoms with Crippen LogP contribution in [0.15, 0.2) is 36.9 Å². The third-order valence-corrected chi connectivity index (χ3v) is 3.74. The maximum atomic E-state index is 6.26. The summed E-state index contributed by atoms with van der Waals surface area (Å²) in [5, 5.41) is 0. The van der Waals surface area contributed by atoms with Crippen molar-refractivity contribution in [3.05, 3.63) is 48.3 Å². The van der Waals surface area contributed by atoms with Gasteiger partial charge in [-0.1, -0.05) is 30.3 Å². The van der Waals surface area contributed by atoms with Crippen molar-refractivity contribution in [3.63, 3.8) is 0 Å². The van der Waals surface area contributed by atoms with Crippen LogP contribution in [0.25, 0.3) is 11.3 Å². The van der Waals surface area contributed by atoms with Gasteiger partial charge in [0.1, 0.15) is 17.3 Å². The Hall–Kier alpha value is -2.03. The third-order valence-electron chi connectivity index (χ3n) is 3.74. The summed E-state index contributed by atoms with van der Waals surface area (Å²) >= 11 is 0. The fourth-order valence-electron chi connectivity index (χ4n) is 2.60. The molecule has 0 unspecified atom stereocenters. The quantitative estimate of drug-likeness (QED) is 0.847. The molecule has 0 amide bonds. The molecule has 3 rings (SSSR count). The van der Waals surface area contributed by atoms with E-state index in [9.17, 15) is 0 Å². The van der Waals surface area contributed by atoms with E-state index in [2.05, 4.69) is 35.8 Å². The lowest BCUT2D eigenvalue weighted by molar-refractivity contribution is 0.792. The van der Waals surface area contributed by atoms with Crippen molar-refractivity contribution >= 4 is 5.82 Å². The van der Waals surface area contributed by atoms with Crippen LogP contribution in [0.2, 0.25) is 0 Å². The number of rotatable bonds is 4. The van der Waals surface area contributed by atoms with Crippen molar-refractivity contribution in [2.45, 2.75) is 32.2 Å². The van der Waals surface area contributed by atoms with E-state index in [1.54, 1.807) is 0 Å². The van der Waals surface area contributed by atoms with Gasteiger partial charge in [-0.2, -0.15) is 0 Å². The average Bonchev–Trinajstić information content (AvgIpc) is 3.22. The van der Waals surface area contributed by atoms with Gasteiger partial charge in [0.05, 0.1) is 0 Å². The Morgan fingerprint density at radius 1 is 1.42 bits per heavy atom. The number of anilines is 1. The fourth-order valence-corrected chi connectivity index (χ4v) is 2.60. The summed E-state index contributed by atoms with van der Waals surface area (Å²) in [5.74, 6) is 2.38. The molecule has 0 saturated heterocycles. The predicted octanol–water partition coefficient (Wildman–Crippen LogP) is 3.50. The van der Waals surface area contributed by atoms with Crippen LogP contribution in [0.3, 0.4) is 0 Å². The number of nitrogen functional groups attached to an aromatic ring is 1. The van der Waals surface area contributed by atoms with Gasteiger partial charge in [-0.25, -0.2) is 4.98 Å². The molecule has 1 aliphatic rings. The van der Waals surface area contributed by atoms with Crippen molar-refractivity contribution in [1.82, 2.24) is 9.55 Å². The second-order valence-electron chi connectivity index (χ2n) is 5.15. The maximum Gasteiger partial charge on any atom is 0.132 e. The molecule has 0 bridgehead atoms. The summed E-state index contributed by atoms with van der Waals surface area (Å²) in [6.45, 7) is 6.47. The lowest BCUT2D eigenvalue weighted by Gasteiger charge is -2.08. The van der Waals surface area contributed by atoms with Crippen molar-refractivity contribution in [2.24, 2.45) is 0 Å². The zero-order valence-electron chi connectivity index (χ0n) is 11.3. The normalized spacial score (nSPS) is 14.6. The highest BCUT2D eigenvalue weighted by Crippen LogP contribution is 2.45. The van der Waals surface area contributed by atoms with Gasteiger partial charge >= 0.3 is 0 Å². The number of hydrogen-bond acceptors (Lipinski definition) is 2. The molecule has 1 aliphatic carbocycles. The van der Waals surface area contributed by atoms with Crippen LogP contribution < -0.4 is 5.73 Å². The van der Waals surface area contributed by atoms with Gasteiger partial charge in [0.25, 0.3) is 0 Å². The minimum atomic E-state index is 0.695. The maximum absolute atomic E-state index is 6.26. The zero-order chi connectivity index (χ0) is 13.4. The molecule has 98 valence electrons. The zero-order valence-corrected chi connectivity index (χ0v) is 11.3. The highest BCUT2D eigenvalue weighted by Gasteiger charge is 2.27. The lowest BCUT2D eigenvalue weighted by atomic mass is 10.0.